The van der Waals surface area contributed by atoms with Crippen molar-refractivity contribution in [2.45, 2.75) is 180 Å². The molecule has 0 aliphatic carbocycles. The van der Waals surface area contributed by atoms with E-state index >= 15 is 0 Å². The summed E-state index contributed by atoms with van der Waals surface area (Å²) in [6.07, 6.45) is 30.8. The number of phenols is 2. The summed E-state index contributed by atoms with van der Waals surface area (Å²) >= 11 is 0. The Hall–Kier alpha value is -5.18. The van der Waals surface area contributed by atoms with Crippen molar-refractivity contribution < 1.29 is 20.4 Å². The van der Waals surface area contributed by atoms with Crippen LogP contribution in [-0.2, 0) is 12.8 Å². The minimum atomic E-state index is -1.32. The number of unbranched alkanes of at least 4 members (excludes halogenated alkanes) is 20. The van der Waals surface area contributed by atoms with Crippen molar-refractivity contribution >= 4 is 34.2 Å². The van der Waals surface area contributed by atoms with Gasteiger partial charge in [0.1, 0.15) is 23.7 Å². The van der Waals surface area contributed by atoms with Gasteiger partial charge in [0.15, 0.2) is 0 Å². The number of aliphatic hydroxyl groups excluding tert-OH is 2. The van der Waals surface area contributed by atoms with Gasteiger partial charge in [-0.2, -0.15) is 0 Å². The quantitative estimate of drug-likeness (QED) is 0.0300. The van der Waals surface area contributed by atoms with E-state index in [1.54, 1.807) is 30.3 Å². The number of nitrogens with zero attached hydrogens (tertiary/aromatic N) is 2. The molecule has 7 rings (SSSR count). The number of aromatic nitrogens is 4. The van der Waals surface area contributed by atoms with Crippen LogP contribution < -0.4 is 0 Å². The summed E-state index contributed by atoms with van der Waals surface area (Å²) in [5.41, 5.74) is 10.7. The maximum absolute atomic E-state index is 12.0. The number of aryl methyl sites for hydroxylation is 1. The number of nitrogens with one attached hydrogen (secondary N) is 2. The van der Waals surface area contributed by atoms with E-state index in [-0.39, 0.29) is 11.5 Å². The van der Waals surface area contributed by atoms with Crippen molar-refractivity contribution in [2.24, 2.45) is 0 Å². The molecule has 66 heavy (non-hydrogen) atoms. The van der Waals surface area contributed by atoms with Gasteiger partial charge in [-0.15, -0.1) is 0 Å². The van der Waals surface area contributed by atoms with Crippen LogP contribution in [0.15, 0.2) is 72.8 Å². The zero-order chi connectivity index (χ0) is 46.1. The van der Waals surface area contributed by atoms with Crippen LogP contribution in [0.4, 0.5) is 0 Å². The Labute approximate surface area is 393 Å². The first-order chi connectivity index (χ1) is 32.4. The van der Waals surface area contributed by atoms with Crippen LogP contribution in [-0.4, -0.2) is 40.4 Å². The van der Waals surface area contributed by atoms with Crippen LogP contribution in [0.1, 0.15) is 201 Å². The summed E-state index contributed by atoms with van der Waals surface area (Å²) in [6, 6.07) is 22.5. The molecular weight excluding hydrogens is 817 g/mol. The molecule has 2 aromatic carbocycles. The molecule has 8 nitrogen and oxygen atoms in total. The average Bonchev–Trinajstić information content (AvgIpc) is 4.15. The Kier molecular flexibility index (Phi) is 18.5. The third-order valence-electron chi connectivity index (χ3n) is 13.8. The molecule has 0 saturated heterocycles. The molecular formula is C58H76N4O4. The monoisotopic (exact) mass is 893 g/mol. The Morgan fingerprint density at radius 2 is 0.818 bits per heavy atom. The number of aromatic hydroxyl groups is 2. The molecule has 8 bridgehead atoms. The van der Waals surface area contributed by atoms with Crippen molar-refractivity contribution in [2.75, 3.05) is 0 Å². The highest BCUT2D eigenvalue weighted by Gasteiger charge is 2.34. The summed E-state index contributed by atoms with van der Waals surface area (Å²) in [5.74, 6) is 0.246. The number of rotatable bonds is 26. The van der Waals surface area contributed by atoms with Gasteiger partial charge in [0.25, 0.3) is 0 Å². The van der Waals surface area contributed by atoms with Crippen molar-refractivity contribution in [3.8, 4) is 33.8 Å². The first kappa shape index (κ1) is 48.7. The van der Waals surface area contributed by atoms with Gasteiger partial charge in [0, 0.05) is 44.3 Å². The normalized spacial score (nSPS) is 14.7. The van der Waals surface area contributed by atoms with Gasteiger partial charge in [-0.25, -0.2) is 4.98 Å². The number of aliphatic hydroxyl groups is 2. The molecule has 0 radical (unpaired) electrons. The molecule has 0 amide bonds. The largest absolute Gasteiger partial charge is 0.508 e. The minimum Gasteiger partial charge on any atom is -0.508 e. The van der Waals surface area contributed by atoms with Crippen LogP contribution in [0.25, 0.3) is 56.5 Å². The van der Waals surface area contributed by atoms with E-state index in [1.165, 1.54) is 109 Å². The molecule has 0 saturated carbocycles. The number of benzene rings is 2. The SMILES string of the molecule is CCCCCCCCCCCCCc1c2nc(c(CCCCCCCCCCCCC)c3ccc([nH]3)c(-c3cccc(O)c3)c3ccc([nH]3)c(-c3cccc(O)c3)c3nc1[C@H](O)[C@@H]3O)C=C2. The summed E-state index contributed by atoms with van der Waals surface area (Å²) < 4.78 is 0. The van der Waals surface area contributed by atoms with E-state index in [0.29, 0.717) is 34.5 Å². The van der Waals surface area contributed by atoms with Crippen LogP contribution >= 0.6 is 0 Å². The molecule has 3 aromatic heterocycles. The number of aromatic amines is 2. The molecule has 0 fully saturated rings. The maximum Gasteiger partial charge on any atom is 0.128 e. The highest BCUT2D eigenvalue weighted by Crippen LogP contribution is 2.42. The van der Waals surface area contributed by atoms with E-state index in [1.807, 2.05) is 30.3 Å². The summed E-state index contributed by atoms with van der Waals surface area (Å²) in [7, 11) is 0. The molecule has 2 atom stereocenters. The first-order valence-electron chi connectivity index (χ1n) is 25.8. The predicted molar refractivity (Wildman–Crippen MR) is 274 cm³/mol. The predicted octanol–water partition coefficient (Wildman–Crippen LogP) is 15.7. The zero-order valence-corrected chi connectivity index (χ0v) is 39.9. The lowest BCUT2D eigenvalue weighted by Gasteiger charge is -2.13. The second-order valence-corrected chi connectivity index (χ2v) is 18.9. The Morgan fingerprint density at radius 3 is 1.32 bits per heavy atom. The highest BCUT2D eigenvalue weighted by molar-refractivity contribution is 5.96. The summed E-state index contributed by atoms with van der Waals surface area (Å²) in [6.45, 7) is 4.54. The number of hydrogen-bond acceptors (Lipinski definition) is 6. The number of fused-ring (bicyclic) bond motifs is 8. The highest BCUT2D eigenvalue weighted by atomic mass is 16.3. The maximum atomic E-state index is 12.0. The molecule has 8 heteroatoms. The van der Waals surface area contributed by atoms with Gasteiger partial charge in [-0.3, -0.25) is 4.98 Å². The van der Waals surface area contributed by atoms with Crippen LogP contribution in [0.2, 0.25) is 0 Å². The second-order valence-electron chi connectivity index (χ2n) is 18.9. The fourth-order valence-corrected chi connectivity index (χ4v) is 10.1. The molecule has 0 unspecified atom stereocenters. The molecule has 0 spiro atoms. The molecule has 5 heterocycles. The number of phenolic OH excluding ortho intramolecular Hbond substituents is 2. The van der Waals surface area contributed by atoms with Crippen molar-refractivity contribution in [3.05, 3.63) is 107 Å². The van der Waals surface area contributed by atoms with Gasteiger partial charge in [0.2, 0.25) is 0 Å². The number of H-pyrrole nitrogens is 2. The first-order valence-corrected chi connectivity index (χ1v) is 25.8. The van der Waals surface area contributed by atoms with Gasteiger partial charge < -0.3 is 30.4 Å². The van der Waals surface area contributed by atoms with Crippen molar-refractivity contribution in [1.29, 1.82) is 0 Å². The summed E-state index contributed by atoms with van der Waals surface area (Å²) in [4.78, 5) is 18.0. The summed E-state index contributed by atoms with van der Waals surface area (Å²) in [5, 5.41) is 45.5. The topological polar surface area (TPSA) is 138 Å². The van der Waals surface area contributed by atoms with Gasteiger partial charge in [-0.1, -0.05) is 167 Å². The van der Waals surface area contributed by atoms with Gasteiger partial charge >= 0.3 is 0 Å². The Morgan fingerprint density at radius 1 is 0.424 bits per heavy atom. The third-order valence-corrected chi connectivity index (χ3v) is 13.8. The van der Waals surface area contributed by atoms with E-state index in [0.717, 1.165) is 88.7 Å². The van der Waals surface area contributed by atoms with Crippen molar-refractivity contribution in [3.63, 3.8) is 0 Å². The fourth-order valence-electron chi connectivity index (χ4n) is 10.1. The lowest BCUT2D eigenvalue weighted by molar-refractivity contribution is 0.0251. The van der Waals surface area contributed by atoms with Crippen LogP contribution in [0, 0.1) is 0 Å². The molecule has 5 aromatic rings. The fraction of sp³-hybridized carbons (Fsp3) is 0.483. The standard InChI is InChI=1S/C58H76N4O4/c1-3-5-7-9-11-13-15-17-19-21-23-31-45-47-33-34-49(59-47)46(32-24-22-20-18-16-14-12-10-8-6-4-2)55-57(65)58(66)56(62-55)54(42-28-26-30-44(64)40-42)52-38-37-51(61-52)53(50-36-35-48(45)60-50)41-27-25-29-43(63)39-41/h25-30,33-40,57-58,60-61,63-66H,3-24,31-32H2,1-2H3/t57-,58+/m0/s1. The van der Waals surface area contributed by atoms with Crippen LogP contribution in [0.5, 0.6) is 11.5 Å². The molecule has 2 aliphatic rings. The lowest BCUT2D eigenvalue weighted by Crippen LogP contribution is -2.07. The number of hydrogen-bond donors (Lipinski definition) is 6. The van der Waals surface area contributed by atoms with E-state index in [4.69, 9.17) is 9.97 Å². The van der Waals surface area contributed by atoms with E-state index in [2.05, 4.69) is 48.1 Å². The van der Waals surface area contributed by atoms with Gasteiger partial charge in [-0.05, 0) is 97.5 Å². The average molecular weight is 893 g/mol. The van der Waals surface area contributed by atoms with Crippen molar-refractivity contribution in [1.82, 2.24) is 19.9 Å². The van der Waals surface area contributed by atoms with E-state index in [9.17, 15) is 20.4 Å². The Balaban J connectivity index is 1.31. The smallest absolute Gasteiger partial charge is 0.128 e. The molecule has 6 N–H and O–H groups in total. The lowest BCUT2D eigenvalue weighted by atomic mass is 9.97. The van der Waals surface area contributed by atoms with Gasteiger partial charge in [0.05, 0.1) is 22.8 Å². The minimum absolute atomic E-state index is 0.0835. The third kappa shape index (κ3) is 12.8. The van der Waals surface area contributed by atoms with Crippen LogP contribution in [0.3, 0.4) is 0 Å². The molecule has 2 aliphatic heterocycles. The second kappa shape index (κ2) is 25.1. The molecule has 352 valence electrons. The zero-order valence-electron chi connectivity index (χ0n) is 39.9. The van der Waals surface area contributed by atoms with E-state index < -0.39 is 12.2 Å². The Bertz CT molecular complexity index is 2520.